The molecule has 4 heteroatoms. The normalized spacial score (nSPS) is 12.5. The zero-order valence-corrected chi connectivity index (χ0v) is 14.5. The average Bonchev–Trinajstić information content (AvgIpc) is 2.77. The molecule has 1 N–H and O–H groups in total. The number of nitrogens with zero attached hydrogens (tertiary/aromatic N) is 1. The monoisotopic (exact) mass is 306 g/mol. The van der Waals surface area contributed by atoms with Gasteiger partial charge in [-0.15, -0.1) is 11.3 Å². The van der Waals surface area contributed by atoms with E-state index in [4.69, 9.17) is 4.74 Å². The second kappa shape index (κ2) is 6.88. The fourth-order valence-electron chi connectivity index (χ4n) is 2.14. The molecule has 0 aliphatic carbocycles. The summed E-state index contributed by atoms with van der Waals surface area (Å²) in [5.41, 5.74) is 1.38. The first-order valence-corrected chi connectivity index (χ1v) is 8.16. The SMILES string of the molecule is CNCc1sc2ccccc2c1COCC(C)(C)N(C)C. The van der Waals surface area contributed by atoms with Crippen LogP contribution in [-0.2, 0) is 17.9 Å². The lowest BCUT2D eigenvalue weighted by molar-refractivity contribution is 0.0277. The molecule has 0 fully saturated rings. The summed E-state index contributed by atoms with van der Waals surface area (Å²) < 4.78 is 7.38. The van der Waals surface area contributed by atoms with E-state index in [-0.39, 0.29) is 5.54 Å². The maximum Gasteiger partial charge on any atom is 0.0735 e. The number of nitrogens with one attached hydrogen (secondary N) is 1. The molecule has 0 aliphatic heterocycles. The van der Waals surface area contributed by atoms with Gasteiger partial charge in [-0.2, -0.15) is 0 Å². The molecule has 2 aromatic rings. The number of hydrogen-bond acceptors (Lipinski definition) is 4. The van der Waals surface area contributed by atoms with Gasteiger partial charge in [0.25, 0.3) is 0 Å². The van der Waals surface area contributed by atoms with Gasteiger partial charge in [-0.3, -0.25) is 0 Å². The van der Waals surface area contributed by atoms with E-state index in [1.807, 2.05) is 18.4 Å². The molecule has 0 unspecified atom stereocenters. The van der Waals surface area contributed by atoms with Crippen LogP contribution in [0.3, 0.4) is 0 Å². The Hall–Kier alpha value is -0.940. The molecule has 1 heterocycles. The van der Waals surface area contributed by atoms with Gasteiger partial charge in [0.2, 0.25) is 0 Å². The number of thiophene rings is 1. The minimum atomic E-state index is 0.0506. The van der Waals surface area contributed by atoms with Crippen LogP contribution in [0.25, 0.3) is 10.1 Å². The molecule has 0 atom stereocenters. The Labute approximate surface area is 131 Å². The lowest BCUT2D eigenvalue weighted by Crippen LogP contribution is -2.42. The van der Waals surface area contributed by atoms with Gasteiger partial charge >= 0.3 is 0 Å². The standard InChI is InChI=1S/C17H26N2OS/c1-17(2,19(4)5)12-20-11-14-13-8-6-7-9-15(13)21-16(14)10-18-3/h6-9,18H,10-12H2,1-5H3. The number of hydrogen-bond donors (Lipinski definition) is 1. The van der Waals surface area contributed by atoms with Crippen LogP contribution in [0, 0.1) is 0 Å². The summed E-state index contributed by atoms with van der Waals surface area (Å²) in [6.45, 7) is 6.71. The first-order valence-electron chi connectivity index (χ1n) is 7.35. The van der Waals surface area contributed by atoms with Crippen molar-refractivity contribution in [3.05, 3.63) is 34.7 Å². The van der Waals surface area contributed by atoms with Gasteiger partial charge in [-0.1, -0.05) is 18.2 Å². The minimum absolute atomic E-state index is 0.0506. The Morgan fingerprint density at radius 1 is 1.24 bits per heavy atom. The fraction of sp³-hybridized carbons (Fsp3) is 0.529. The summed E-state index contributed by atoms with van der Waals surface area (Å²) in [5.74, 6) is 0. The molecule has 3 nitrogen and oxygen atoms in total. The van der Waals surface area contributed by atoms with Crippen molar-refractivity contribution in [2.45, 2.75) is 32.5 Å². The highest BCUT2D eigenvalue weighted by Gasteiger charge is 2.21. The van der Waals surface area contributed by atoms with Crippen LogP contribution in [0.15, 0.2) is 24.3 Å². The smallest absolute Gasteiger partial charge is 0.0735 e. The summed E-state index contributed by atoms with van der Waals surface area (Å²) in [7, 11) is 6.18. The third-order valence-corrected chi connectivity index (χ3v) is 5.24. The molecule has 21 heavy (non-hydrogen) atoms. The number of fused-ring (bicyclic) bond motifs is 1. The summed E-state index contributed by atoms with van der Waals surface area (Å²) in [4.78, 5) is 3.58. The van der Waals surface area contributed by atoms with Gasteiger partial charge in [0, 0.05) is 27.2 Å². The van der Waals surface area contributed by atoms with Gasteiger partial charge in [0.1, 0.15) is 0 Å². The predicted molar refractivity (Wildman–Crippen MR) is 92.0 cm³/mol. The summed E-state index contributed by atoms with van der Waals surface area (Å²) >= 11 is 1.86. The molecule has 0 bridgehead atoms. The summed E-state index contributed by atoms with van der Waals surface area (Å²) in [5, 5.41) is 4.59. The number of likely N-dealkylation sites (N-methyl/N-ethyl adjacent to an activating group) is 1. The van der Waals surface area contributed by atoms with E-state index >= 15 is 0 Å². The zero-order chi connectivity index (χ0) is 15.5. The molecular formula is C17H26N2OS. The topological polar surface area (TPSA) is 24.5 Å². The van der Waals surface area contributed by atoms with E-state index in [0.29, 0.717) is 6.61 Å². The van der Waals surface area contributed by atoms with E-state index in [2.05, 4.69) is 62.4 Å². The minimum Gasteiger partial charge on any atom is -0.375 e. The van der Waals surface area contributed by atoms with Crippen molar-refractivity contribution in [2.75, 3.05) is 27.7 Å². The predicted octanol–water partition coefficient (Wildman–Crippen LogP) is 3.48. The highest BCUT2D eigenvalue weighted by molar-refractivity contribution is 7.19. The quantitative estimate of drug-likeness (QED) is 0.847. The Morgan fingerprint density at radius 3 is 2.62 bits per heavy atom. The molecule has 116 valence electrons. The van der Waals surface area contributed by atoms with Crippen molar-refractivity contribution in [1.82, 2.24) is 10.2 Å². The van der Waals surface area contributed by atoms with Crippen LogP contribution in [0.5, 0.6) is 0 Å². The largest absolute Gasteiger partial charge is 0.375 e. The van der Waals surface area contributed by atoms with Crippen LogP contribution in [0.1, 0.15) is 24.3 Å². The molecule has 0 saturated carbocycles. The maximum atomic E-state index is 6.04. The molecule has 0 amide bonds. The third kappa shape index (κ3) is 3.83. The highest BCUT2D eigenvalue weighted by Crippen LogP contribution is 2.32. The van der Waals surface area contributed by atoms with Crippen LogP contribution < -0.4 is 5.32 Å². The van der Waals surface area contributed by atoms with E-state index in [1.165, 1.54) is 20.5 Å². The second-order valence-electron chi connectivity index (χ2n) is 6.23. The first-order chi connectivity index (χ1) is 9.95. The Balaban J connectivity index is 2.15. The van der Waals surface area contributed by atoms with Crippen LogP contribution in [-0.4, -0.2) is 38.2 Å². The van der Waals surface area contributed by atoms with Gasteiger partial charge < -0.3 is 15.0 Å². The molecule has 2 rings (SSSR count). The van der Waals surface area contributed by atoms with Crippen LogP contribution in [0.2, 0.25) is 0 Å². The van der Waals surface area contributed by atoms with E-state index in [9.17, 15) is 0 Å². The molecule has 0 saturated heterocycles. The van der Waals surface area contributed by atoms with E-state index in [1.54, 1.807) is 0 Å². The summed E-state index contributed by atoms with van der Waals surface area (Å²) in [6.07, 6.45) is 0. The average molecular weight is 306 g/mol. The van der Waals surface area contributed by atoms with E-state index < -0.39 is 0 Å². The molecule has 1 aromatic carbocycles. The lowest BCUT2D eigenvalue weighted by atomic mass is 10.1. The van der Waals surface area contributed by atoms with Crippen molar-refractivity contribution in [1.29, 1.82) is 0 Å². The maximum absolute atomic E-state index is 6.04. The Bertz CT molecular complexity index is 589. The lowest BCUT2D eigenvalue weighted by Gasteiger charge is -2.32. The molecule has 0 radical (unpaired) electrons. The van der Waals surface area contributed by atoms with Crippen molar-refractivity contribution in [3.8, 4) is 0 Å². The molecule has 0 spiro atoms. The third-order valence-electron chi connectivity index (χ3n) is 4.03. The summed E-state index contributed by atoms with van der Waals surface area (Å²) in [6, 6.07) is 8.58. The second-order valence-corrected chi connectivity index (χ2v) is 7.37. The molecule has 0 aliphatic rings. The molecular weight excluding hydrogens is 280 g/mol. The number of rotatable bonds is 7. The van der Waals surface area contributed by atoms with Crippen molar-refractivity contribution < 1.29 is 4.74 Å². The van der Waals surface area contributed by atoms with Gasteiger partial charge in [-0.25, -0.2) is 0 Å². The van der Waals surface area contributed by atoms with E-state index in [0.717, 1.165) is 13.2 Å². The Kier molecular flexibility index (Phi) is 5.38. The van der Waals surface area contributed by atoms with Crippen LogP contribution >= 0.6 is 11.3 Å². The number of benzene rings is 1. The van der Waals surface area contributed by atoms with Gasteiger partial charge in [0.05, 0.1) is 13.2 Å². The van der Waals surface area contributed by atoms with Crippen molar-refractivity contribution >= 4 is 21.4 Å². The zero-order valence-electron chi connectivity index (χ0n) is 13.7. The Morgan fingerprint density at radius 2 is 1.95 bits per heavy atom. The van der Waals surface area contributed by atoms with Gasteiger partial charge in [0.15, 0.2) is 0 Å². The fourth-order valence-corrected chi connectivity index (χ4v) is 3.36. The van der Waals surface area contributed by atoms with Crippen molar-refractivity contribution in [3.63, 3.8) is 0 Å². The van der Waals surface area contributed by atoms with Crippen LogP contribution in [0.4, 0.5) is 0 Å². The molecule has 1 aromatic heterocycles. The van der Waals surface area contributed by atoms with Gasteiger partial charge in [-0.05, 0) is 46.4 Å². The highest BCUT2D eigenvalue weighted by atomic mass is 32.1. The number of ether oxygens (including phenoxy) is 1. The van der Waals surface area contributed by atoms with Crippen molar-refractivity contribution in [2.24, 2.45) is 0 Å². The first kappa shape index (κ1) is 16.4.